The summed E-state index contributed by atoms with van der Waals surface area (Å²) in [5.41, 5.74) is 0.0571. The summed E-state index contributed by atoms with van der Waals surface area (Å²) in [6.07, 6.45) is -3.54. The Morgan fingerprint density at radius 1 is 1.37 bits per heavy atom. The molecular weight excluding hydrogens is 281 g/mol. The van der Waals surface area contributed by atoms with Crippen molar-refractivity contribution in [1.29, 1.82) is 0 Å². The fourth-order valence-corrected chi connectivity index (χ4v) is 1.85. The van der Waals surface area contributed by atoms with Gasteiger partial charge in [-0.15, -0.1) is 0 Å². The summed E-state index contributed by atoms with van der Waals surface area (Å²) in [6.45, 7) is 1.57. The maximum Gasteiger partial charge on any atom is 0.419 e. The fourth-order valence-electron chi connectivity index (χ4n) is 1.57. The van der Waals surface area contributed by atoms with Crippen molar-refractivity contribution in [1.82, 2.24) is 9.78 Å². The summed E-state index contributed by atoms with van der Waals surface area (Å²) < 4.78 is 38.5. The van der Waals surface area contributed by atoms with Gasteiger partial charge in [0.15, 0.2) is 0 Å². The molecule has 0 unspecified atom stereocenters. The molecule has 0 spiro atoms. The molecular formula is C12H10ClF3N2O. The van der Waals surface area contributed by atoms with Gasteiger partial charge in [0.05, 0.1) is 28.6 Å². The molecule has 0 fully saturated rings. The molecule has 1 atom stereocenters. The number of aliphatic hydroxyl groups excluding tert-OH is 1. The topological polar surface area (TPSA) is 38.0 Å². The zero-order chi connectivity index (χ0) is 14.2. The summed E-state index contributed by atoms with van der Waals surface area (Å²) >= 11 is 5.98. The minimum Gasteiger partial charge on any atom is -0.389 e. The highest BCUT2D eigenvalue weighted by atomic mass is 35.5. The molecule has 1 aromatic heterocycles. The predicted octanol–water partition coefficient (Wildman–Crippen LogP) is 3.60. The van der Waals surface area contributed by atoms with Gasteiger partial charge in [-0.1, -0.05) is 17.7 Å². The highest BCUT2D eigenvalue weighted by Crippen LogP contribution is 2.30. The van der Waals surface area contributed by atoms with Gasteiger partial charge in [0.25, 0.3) is 0 Å². The Hall–Kier alpha value is -1.53. The first-order valence-corrected chi connectivity index (χ1v) is 5.76. The summed E-state index contributed by atoms with van der Waals surface area (Å²) in [4.78, 5) is 0. The number of hydrogen-bond acceptors (Lipinski definition) is 2. The lowest BCUT2D eigenvalue weighted by molar-refractivity contribution is -0.137. The number of benzene rings is 1. The van der Waals surface area contributed by atoms with Crippen molar-refractivity contribution in [3.63, 3.8) is 0 Å². The largest absolute Gasteiger partial charge is 0.419 e. The lowest BCUT2D eigenvalue weighted by Gasteiger charge is -2.09. The second-order valence-electron chi connectivity index (χ2n) is 4.06. The SMILES string of the molecule is C[C@H](O)c1ccc(-n2cc(C(F)(F)F)cn2)c(Cl)c1. The van der Waals surface area contributed by atoms with Crippen LogP contribution in [0.1, 0.15) is 24.2 Å². The second-order valence-corrected chi connectivity index (χ2v) is 4.47. The van der Waals surface area contributed by atoms with Crippen LogP contribution in [-0.4, -0.2) is 14.9 Å². The smallest absolute Gasteiger partial charge is 0.389 e. The Morgan fingerprint density at radius 3 is 2.53 bits per heavy atom. The molecule has 3 nitrogen and oxygen atoms in total. The number of hydrogen-bond donors (Lipinski definition) is 1. The maximum atomic E-state index is 12.5. The van der Waals surface area contributed by atoms with Gasteiger partial charge in [0.1, 0.15) is 0 Å². The van der Waals surface area contributed by atoms with E-state index in [1.54, 1.807) is 13.0 Å². The van der Waals surface area contributed by atoms with Crippen LogP contribution in [0.5, 0.6) is 0 Å². The number of alkyl halides is 3. The first-order chi connectivity index (χ1) is 8.79. The summed E-state index contributed by atoms with van der Waals surface area (Å²) in [7, 11) is 0. The predicted molar refractivity (Wildman–Crippen MR) is 64.2 cm³/mol. The van der Waals surface area contributed by atoms with E-state index >= 15 is 0 Å². The van der Waals surface area contributed by atoms with E-state index in [9.17, 15) is 18.3 Å². The monoisotopic (exact) mass is 290 g/mol. The molecule has 7 heteroatoms. The van der Waals surface area contributed by atoms with Crippen molar-refractivity contribution in [2.24, 2.45) is 0 Å². The molecule has 1 aromatic carbocycles. The minimum atomic E-state index is -4.44. The Labute approximate surface area is 112 Å². The van der Waals surface area contributed by atoms with Gasteiger partial charge in [-0.2, -0.15) is 18.3 Å². The van der Waals surface area contributed by atoms with Crippen LogP contribution in [0.2, 0.25) is 5.02 Å². The van der Waals surface area contributed by atoms with E-state index < -0.39 is 17.8 Å². The van der Waals surface area contributed by atoms with Crippen molar-refractivity contribution in [2.45, 2.75) is 19.2 Å². The second kappa shape index (κ2) is 4.86. The van der Waals surface area contributed by atoms with Crippen molar-refractivity contribution in [3.8, 4) is 5.69 Å². The van der Waals surface area contributed by atoms with Crippen LogP contribution in [0.3, 0.4) is 0 Å². The van der Waals surface area contributed by atoms with Gasteiger partial charge >= 0.3 is 6.18 Å². The van der Waals surface area contributed by atoms with Gasteiger partial charge in [0.2, 0.25) is 0 Å². The van der Waals surface area contributed by atoms with Gasteiger partial charge in [-0.25, -0.2) is 4.68 Å². The van der Waals surface area contributed by atoms with Crippen molar-refractivity contribution in [2.75, 3.05) is 0 Å². The van der Waals surface area contributed by atoms with E-state index in [1.165, 1.54) is 12.1 Å². The molecule has 2 aromatic rings. The summed E-state index contributed by atoms with van der Waals surface area (Å²) in [6, 6.07) is 4.59. The normalized spacial score (nSPS) is 13.6. The van der Waals surface area contributed by atoms with Crippen LogP contribution in [0.15, 0.2) is 30.6 Å². The van der Waals surface area contributed by atoms with Crippen molar-refractivity contribution >= 4 is 11.6 Å². The number of aliphatic hydroxyl groups is 1. The Bertz CT molecular complexity index is 593. The van der Waals surface area contributed by atoms with E-state index in [4.69, 9.17) is 11.6 Å². The first-order valence-electron chi connectivity index (χ1n) is 5.39. The van der Waals surface area contributed by atoms with E-state index in [0.717, 1.165) is 17.1 Å². The molecule has 0 aliphatic heterocycles. The molecule has 19 heavy (non-hydrogen) atoms. The molecule has 1 N–H and O–H groups in total. The van der Waals surface area contributed by atoms with E-state index in [2.05, 4.69) is 5.10 Å². The maximum absolute atomic E-state index is 12.5. The van der Waals surface area contributed by atoms with Gasteiger partial charge in [-0.05, 0) is 24.6 Å². The number of rotatable bonds is 2. The first kappa shape index (κ1) is 13.9. The third kappa shape index (κ3) is 2.90. The Balaban J connectivity index is 2.40. The molecule has 2 rings (SSSR count). The van der Waals surface area contributed by atoms with E-state index in [-0.39, 0.29) is 5.02 Å². The Morgan fingerprint density at radius 2 is 2.05 bits per heavy atom. The zero-order valence-electron chi connectivity index (χ0n) is 9.82. The van der Waals surface area contributed by atoms with Crippen molar-refractivity contribution < 1.29 is 18.3 Å². The molecule has 0 aliphatic carbocycles. The van der Waals surface area contributed by atoms with E-state index in [1.807, 2.05) is 0 Å². The van der Waals surface area contributed by atoms with Gasteiger partial charge in [-0.3, -0.25) is 0 Å². The zero-order valence-corrected chi connectivity index (χ0v) is 10.6. The third-order valence-corrected chi connectivity index (χ3v) is 2.91. The number of aromatic nitrogens is 2. The lowest BCUT2D eigenvalue weighted by atomic mass is 10.1. The summed E-state index contributed by atoms with van der Waals surface area (Å²) in [5.74, 6) is 0. The molecule has 0 bridgehead atoms. The van der Waals surface area contributed by atoms with Crippen molar-refractivity contribution in [3.05, 3.63) is 46.7 Å². The lowest BCUT2D eigenvalue weighted by Crippen LogP contribution is -2.03. The average molecular weight is 291 g/mol. The fraction of sp³-hybridized carbons (Fsp3) is 0.250. The van der Waals surface area contributed by atoms with Crippen LogP contribution in [0, 0.1) is 0 Å². The molecule has 0 radical (unpaired) electrons. The molecule has 0 amide bonds. The molecule has 102 valence electrons. The molecule has 0 saturated heterocycles. The minimum absolute atomic E-state index is 0.218. The van der Waals surface area contributed by atoms with Crippen LogP contribution in [0.25, 0.3) is 5.69 Å². The van der Waals surface area contributed by atoms with Crippen LogP contribution >= 0.6 is 11.6 Å². The third-order valence-electron chi connectivity index (χ3n) is 2.61. The van der Waals surface area contributed by atoms with Gasteiger partial charge < -0.3 is 5.11 Å². The molecule has 0 aliphatic rings. The molecule has 0 saturated carbocycles. The van der Waals surface area contributed by atoms with Gasteiger partial charge in [0, 0.05) is 6.20 Å². The highest BCUT2D eigenvalue weighted by Gasteiger charge is 2.32. The van der Waals surface area contributed by atoms with Crippen LogP contribution in [-0.2, 0) is 6.18 Å². The van der Waals surface area contributed by atoms with Crippen LogP contribution < -0.4 is 0 Å². The highest BCUT2D eigenvalue weighted by molar-refractivity contribution is 6.32. The standard InChI is InChI=1S/C12H10ClF3N2O/c1-7(19)8-2-3-11(10(13)4-8)18-6-9(5-17-18)12(14,15)16/h2-7,19H,1H3/t7-/m0/s1. The summed E-state index contributed by atoms with van der Waals surface area (Å²) in [5, 5.41) is 13.2. The quantitative estimate of drug-likeness (QED) is 0.918. The van der Waals surface area contributed by atoms with E-state index in [0.29, 0.717) is 11.3 Å². The molecule has 1 heterocycles. The average Bonchev–Trinajstić information content (AvgIpc) is 2.77. The number of halogens is 4. The number of nitrogens with zero attached hydrogens (tertiary/aromatic N) is 2. The van der Waals surface area contributed by atoms with Crippen LogP contribution in [0.4, 0.5) is 13.2 Å². The Kier molecular flexibility index (Phi) is 3.56.